The summed E-state index contributed by atoms with van der Waals surface area (Å²) in [5.41, 5.74) is 3.29. The SMILES string of the molecule is CS(=O)(=O)OCc1ccc(Cc2ccccc2)cc1. The minimum absolute atomic E-state index is 0.0877. The van der Waals surface area contributed by atoms with Crippen LogP contribution in [0.25, 0.3) is 0 Å². The molecule has 0 heterocycles. The lowest BCUT2D eigenvalue weighted by Crippen LogP contribution is -2.02. The lowest BCUT2D eigenvalue weighted by atomic mass is 10.0. The molecule has 0 atom stereocenters. The highest BCUT2D eigenvalue weighted by atomic mass is 32.2. The van der Waals surface area contributed by atoms with Gasteiger partial charge in [0, 0.05) is 0 Å². The quantitative estimate of drug-likeness (QED) is 0.789. The Hall–Kier alpha value is -1.65. The van der Waals surface area contributed by atoms with Crippen LogP contribution in [0.5, 0.6) is 0 Å². The van der Waals surface area contributed by atoms with E-state index in [1.54, 1.807) is 0 Å². The maximum Gasteiger partial charge on any atom is 0.264 e. The Morgan fingerprint density at radius 2 is 1.37 bits per heavy atom. The molecule has 0 saturated heterocycles. The molecule has 0 saturated carbocycles. The topological polar surface area (TPSA) is 43.4 Å². The molecule has 0 amide bonds. The van der Waals surface area contributed by atoms with Gasteiger partial charge >= 0.3 is 0 Å². The minimum Gasteiger partial charge on any atom is -0.265 e. The minimum atomic E-state index is -3.38. The molecule has 0 bridgehead atoms. The third-order valence-electron chi connectivity index (χ3n) is 2.71. The van der Waals surface area contributed by atoms with Gasteiger partial charge in [0.2, 0.25) is 0 Å². The van der Waals surface area contributed by atoms with Crippen LogP contribution in [0.3, 0.4) is 0 Å². The van der Waals surface area contributed by atoms with Crippen LogP contribution in [-0.4, -0.2) is 14.7 Å². The average molecular weight is 276 g/mol. The molecule has 0 aliphatic carbocycles. The van der Waals surface area contributed by atoms with Crippen molar-refractivity contribution in [1.29, 1.82) is 0 Å². The molecule has 0 radical (unpaired) electrons. The Labute approximate surface area is 114 Å². The Balaban J connectivity index is 1.99. The first kappa shape index (κ1) is 13.8. The highest BCUT2D eigenvalue weighted by Crippen LogP contribution is 2.11. The molecule has 0 aliphatic heterocycles. The molecule has 0 N–H and O–H groups in total. The molecule has 19 heavy (non-hydrogen) atoms. The van der Waals surface area contributed by atoms with Gasteiger partial charge in [0.25, 0.3) is 10.1 Å². The second kappa shape index (κ2) is 5.99. The zero-order valence-corrected chi connectivity index (χ0v) is 11.6. The van der Waals surface area contributed by atoms with Crippen molar-refractivity contribution in [1.82, 2.24) is 0 Å². The van der Waals surface area contributed by atoms with Gasteiger partial charge in [-0.15, -0.1) is 0 Å². The maximum atomic E-state index is 10.9. The van der Waals surface area contributed by atoms with E-state index in [4.69, 9.17) is 4.18 Å². The maximum absolute atomic E-state index is 10.9. The first-order chi connectivity index (χ1) is 9.03. The highest BCUT2D eigenvalue weighted by molar-refractivity contribution is 7.85. The van der Waals surface area contributed by atoms with Crippen LogP contribution < -0.4 is 0 Å². The zero-order chi connectivity index (χ0) is 13.7. The van der Waals surface area contributed by atoms with Crippen molar-refractivity contribution in [3.63, 3.8) is 0 Å². The molecular formula is C15H16O3S. The van der Waals surface area contributed by atoms with Gasteiger partial charge in [0.15, 0.2) is 0 Å². The zero-order valence-electron chi connectivity index (χ0n) is 10.7. The number of hydrogen-bond acceptors (Lipinski definition) is 3. The Kier molecular flexibility index (Phi) is 4.35. The Bertz CT molecular complexity index is 616. The summed E-state index contributed by atoms with van der Waals surface area (Å²) in [6, 6.07) is 18.0. The van der Waals surface area contributed by atoms with Crippen LogP contribution in [0.2, 0.25) is 0 Å². The van der Waals surface area contributed by atoms with Crippen LogP contribution in [0.1, 0.15) is 16.7 Å². The van der Waals surface area contributed by atoms with E-state index in [1.807, 2.05) is 42.5 Å². The van der Waals surface area contributed by atoms with Gasteiger partial charge in [-0.3, -0.25) is 4.18 Å². The van der Waals surface area contributed by atoms with Crippen molar-refractivity contribution in [2.75, 3.05) is 6.26 Å². The van der Waals surface area contributed by atoms with Crippen LogP contribution in [0.15, 0.2) is 54.6 Å². The number of hydrogen-bond donors (Lipinski definition) is 0. The summed E-state index contributed by atoms with van der Waals surface area (Å²) < 4.78 is 26.5. The second-order valence-corrected chi connectivity index (χ2v) is 6.09. The molecule has 4 heteroatoms. The fraction of sp³-hybridized carbons (Fsp3) is 0.200. The second-order valence-electron chi connectivity index (χ2n) is 4.45. The third-order valence-corrected chi connectivity index (χ3v) is 3.26. The van der Waals surface area contributed by atoms with Crippen molar-refractivity contribution in [2.24, 2.45) is 0 Å². The molecule has 0 spiro atoms. The monoisotopic (exact) mass is 276 g/mol. The van der Waals surface area contributed by atoms with Crippen molar-refractivity contribution in [3.05, 3.63) is 71.3 Å². The van der Waals surface area contributed by atoms with E-state index in [0.717, 1.165) is 18.2 Å². The van der Waals surface area contributed by atoms with E-state index in [2.05, 4.69) is 12.1 Å². The lowest BCUT2D eigenvalue weighted by molar-refractivity contribution is 0.311. The van der Waals surface area contributed by atoms with Crippen LogP contribution in [0.4, 0.5) is 0 Å². The summed E-state index contributed by atoms with van der Waals surface area (Å²) in [6.45, 7) is 0.0877. The normalized spacial score (nSPS) is 11.4. The average Bonchev–Trinajstić information content (AvgIpc) is 2.38. The summed E-state index contributed by atoms with van der Waals surface area (Å²) in [6.07, 6.45) is 1.92. The van der Waals surface area contributed by atoms with Crippen LogP contribution in [-0.2, 0) is 27.3 Å². The number of benzene rings is 2. The van der Waals surface area contributed by atoms with E-state index in [0.29, 0.717) is 0 Å². The van der Waals surface area contributed by atoms with E-state index < -0.39 is 10.1 Å². The predicted molar refractivity (Wildman–Crippen MR) is 75.3 cm³/mol. The summed E-state index contributed by atoms with van der Waals surface area (Å²) in [4.78, 5) is 0. The first-order valence-electron chi connectivity index (χ1n) is 5.99. The third kappa shape index (κ3) is 4.85. The van der Waals surface area contributed by atoms with Gasteiger partial charge in [-0.1, -0.05) is 54.6 Å². The first-order valence-corrected chi connectivity index (χ1v) is 7.81. The molecule has 3 nitrogen and oxygen atoms in total. The predicted octanol–water partition coefficient (Wildman–Crippen LogP) is 2.75. The van der Waals surface area contributed by atoms with Gasteiger partial charge in [-0.2, -0.15) is 8.42 Å². The molecule has 2 aromatic carbocycles. The standard InChI is InChI=1S/C15H16O3S/c1-19(16,17)18-12-15-9-7-14(8-10-15)11-13-5-3-2-4-6-13/h2-10H,11-12H2,1H3. The van der Waals surface area contributed by atoms with Crippen molar-refractivity contribution in [2.45, 2.75) is 13.0 Å². The van der Waals surface area contributed by atoms with E-state index >= 15 is 0 Å². The Morgan fingerprint density at radius 1 is 0.842 bits per heavy atom. The molecule has 2 aromatic rings. The van der Waals surface area contributed by atoms with Gasteiger partial charge < -0.3 is 0 Å². The summed E-state index contributed by atoms with van der Waals surface area (Å²) in [7, 11) is -3.38. The van der Waals surface area contributed by atoms with Gasteiger partial charge in [-0.25, -0.2) is 0 Å². The fourth-order valence-corrected chi connectivity index (χ4v) is 2.11. The summed E-state index contributed by atoms with van der Waals surface area (Å²) in [5.74, 6) is 0. The van der Waals surface area contributed by atoms with Crippen molar-refractivity contribution >= 4 is 10.1 Å². The Morgan fingerprint density at radius 3 is 1.95 bits per heavy atom. The molecule has 0 unspecified atom stereocenters. The van der Waals surface area contributed by atoms with Crippen LogP contribution in [0, 0.1) is 0 Å². The number of rotatable bonds is 5. The smallest absolute Gasteiger partial charge is 0.264 e. The largest absolute Gasteiger partial charge is 0.265 e. The van der Waals surface area contributed by atoms with Crippen molar-refractivity contribution < 1.29 is 12.6 Å². The van der Waals surface area contributed by atoms with Crippen molar-refractivity contribution in [3.8, 4) is 0 Å². The fourth-order valence-electron chi connectivity index (χ4n) is 1.76. The summed E-state index contributed by atoms with van der Waals surface area (Å²) in [5, 5.41) is 0. The molecule has 0 fully saturated rings. The molecule has 0 aliphatic rings. The van der Waals surface area contributed by atoms with Gasteiger partial charge in [0.05, 0.1) is 12.9 Å². The molecular weight excluding hydrogens is 260 g/mol. The molecule has 2 rings (SSSR count). The van der Waals surface area contributed by atoms with Gasteiger partial charge in [0.1, 0.15) is 0 Å². The molecule has 0 aromatic heterocycles. The highest BCUT2D eigenvalue weighted by Gasteiger charge is 2.02. The lowest BCUT2D eigenvalue weighted by Gasteiger charge is -2.04. The van der Waals surface area contributed by atoms with Gasteiger partial charge in [-0.05, 0) is 23.1 Å². The summed E-state index contributed by atoms with van der Waals surface area (Å²) >= 11 is 0. The van der Waals surface area contributed by atoms with E-state index in [9.17, 15) is 8.42 Å². The van der Waals surface area contributed by atoms with E-state index in [-0.39, 0.29) is 6.61 Å². The molecule has 100 valence electrons. The van der Waals surface area contributed by atoms with Crippen LogP contribution >= 0.6 is 0 Å². The van der Waals surface area contributed by atoms with E-state index in [1.165, 1.54) is 11.1 Å².